The summed E-state index contributed by atoms with van der Waals surface area (Å²) in [5.41, 5.74) is -9.44. The van der Waals surface area contributed by atoms with E-state index < -0.39 is 105 Å². The standard InChI is InChI=1S/C69H72F12N16O8/c1-62(2,3)47-32-55(104-88-47)86-59(99)93-25-11-15-46(93)38-17-20-41(68(76,77)78)44(31-38)63(4,5)49-34-51(90-102-49)83-58(98)92-24-10-14-45(92)37-16-19-40(67(73,74)75)43(30-37)64(6,7)50-35-52(91-103-50)84-60(100)96-28-13-27-95(96)54-23-21-42(69(79,80)81)57(85-54)65(8,9)48-33-56(105-89-48)87-61(101)97-29-12-26-94(97)53-22-18-39(36-82-53)66(70,71)72/h16-23,30-36,45-46H,10-15,24-29H2,1-9H3,(H,86,99)(H,87,101)(H,83,90,98)(H,84,91,100). The normalized spacial score (nSPS) is 17.3. The number of pyridine rings is 2. The second-order valence-corrected chi connectivity index (χ2v) is 28.6. The lowest BCUT2D eigenvalue weighted by Gasteiger charge is -2.31. The number of anilines is 6. The van der Waals surface area contributed by atoms with Gasteiger partial charge in [0.1, 0.15) is 23.2 Å². The Morgan fingerprint density at radius 1 is 0.419 bits per heavy atom. The zero-order valence-electron chi connectivity index (χ0n) is 58.0. The fourth-order valence-corrected chi connectivity index (χ4v) is 13.6. The Kier molecular flexibility index (Phi) is 19.2. The number of hydrogen-bond acceptors (Lipinski definition) is 16. The molecule has 24 nitrogen and oxygen atoms in total. The maximum Gasteiger partial charge on any atom is 0.418 e. The lowest BCUT2D eigenvalue weighted by Crippen LogP contribution is -2.44. The molecule has 105 heavy (non-hydrogen) atoms. The Labute approximate surface area is 591 Å². The summed E-state index contributed by atoms with van der Waals surface area (Å²) in [4.78, 5) is 66.8. The number of hydrogen-bond donors (Lipinski definition) is 4. The molecule has 0 bridgehead atoms. The molecule has 0 aliphatic carbocycles. The molecule has 6 aromatic heterocycles. The predicted molar refractivity (Wildman–Crippen MR) is 353 cm³/mol. The molecular formula is C69H72F12N16O8. The maximum atomic E-state index is 15.1. The number of likely N-dealkylation sites (tertiary alicyclic amines) is 2. The summed E-state index contributed by atoms with van der Waals surface area (Å²) >= 11 is 0. The number of aromatic nitrogens is 6. The molecule has 0 saturated carbocycles. The van der Waals surface area contributed by atoms with Gasteiger partial charge in [-0.15, -0.1) is 0 Å². The molecule has 2 aromatic carbocycles. The van der Waals surface area contributed by atoms with Crippen molar-refractivity contribution < 1.29 is 90.0 Å². The summed E-state index contributed by atoms with van der Waals surface area (Å²) in [5.74, 6) is -0.917. The van der Waals surface area contributed by atoms with Crippen LogP contribution in [0.15, 0.2) is 109 Å². The van der Waals surface area contributed by atoms with Crippen LogP contribution in [0.2, 0.25) is 0 Å². The van der Waals surface area contributed by atoms with Crippen molar-refractivity contribution in [1.29, 1.82) is 0 Å². The summed E-state index contributed by atoms with van der Waals surface area (Å²) in [6.45, 7) is 15.2. The van der Waals surface area contributed by atoms with E-state index in [1.54, 1.807) is 6.07 Å². The highest BCUT2D eigenvalue weighted by Crippen LogP contribution is 2.48. The van der Waals surface area contributed by atoms with Crippen LogP contribution < -0.4 is 31.3 Å². The van der Waals surface area contributed by atoms with Gasteiger partial charge in [-0.1, -0.05) is 65.7 Å². The van der Waals surface area contributed by atoms with Crippen molar-refractivity contribution in [2.45, 2.75) is 159 Å². The maximum absolute atomic E-state index is 15.1. The van der Waals surface area contributed by atoms with Gasteiger partial charge in [-0.25, -0.2) is 39.2 Å². The summed E-state index contributed by atoms with van der Waals surface area (Å²) in [7, 11) is 0. The van der Waals surface area contributed by atoms with Crippen LogP contribution in [0.25, 0.3) is 0 Å². The van der Waals surface area contributed by atoms with Crippen molar-refractivity contribution in [3.63, 3.8) is 0 Å². The zero-order valence-corrected chi connectivity index (χ0v) is 58.0. The van der Waals surface area contributed by atoms with Crippen LogP contribution in [0.4, 0.5) is 107 Å². The van der Waals surface area contributed by atoms with Crippen molar-refractivity contribution in [2.24, 2.45) is 0 Å². The number of carbonyl (C=O) groups is 4. The number of nitrogens with zero attached hydrogens (tertiary/aromatic N) is 12. The monoisotopic (exact) mass is 1480 g/mol. The molecule has 4 aliphatic rings. The highest BCUT2D eigenvalue weighted by atomic mass is 19.4. The molecular weight excluding hydrogens is 1410 g/mol. The molecule has 2 atom stereocenters. The number of rotatable bonds is 14. The summed E-state index contributed by atoms with van der Waals surface area (Å²) in [6.07, 6.45) is -16.4. The third kappa shape index (κ3) is 15.0. The highest BCUT2D eigenvalue weighted by molar-refractivity contribution is 5.91. The van der Waals surface area contributed by atoms with E-state index in [4.69, 9.17) is 18.1 Å². The molecule has 8 aromatic rings. The fraction of sp³-hybridized carbons (Fsp3) is 0.449. The number of urea groups is 4. The third-order valence-corrected chi connectivity index (χ3v) is 19.4. The topological polar surface area (TPSA) is 266 Å². The lowest BCUT2D eigenvalue weighted by molar-refractivity contribution is -0.139. The lowest BCUT2D eigenvalue weighted by atomic mass is 9.78. The Morgan fingerprint density at radius 3 is 1.32 bits per heavy atom. The number of alkyl halides is 12. The summed E-state index contributed by atoms with van der Waals surface area (Å²) < 4.78 is 197. The van der Waals surface area contributed by atoms with Gasteiger partial charge in [0.05, 0.1) is 67.7 Å². The van der Waals surface area contributed by atoms with Gasteiger partial charge in [-0.2, -0.15) is 52.7 Å². The zero-order chi connectivity index (χ0) is 75.9. The van der Waals surface area contributed by atoms with E-state index in [2.05, 4.69) is 51.9 Å². The molecule has 4 saturated heterocycles. The van der Waals surface area contributed by atoms with Crippen molar-refractivity contribution in [3.8, 4) is 0 Å². The van der Waals surface area contributed by atoms with Gasteiger partial charge >= 0.3 is 48.8 Å². The molecule has 36 heteroatoms. The Bertz CT molecular complexity index is 4570. The van der Waals surface area contributed by atoms with Gasteiger partial charge in [0.25, 0.3) is 0 Å². The van der Waals surface area contributed by atoms with Gasteiger partial charge in [-0.05, 0) is 139 Å². The molecule has 12 rings (SSSR count). The summed E-state index contributed by atoms with van der Waals surface area (Å²) in [6, 6.07) is 11.7. The van der Waals surface area contributed by atoms with Gasteiger partial charge in [0, 0.05) is 75.1 Å². The van der Waals surface area contributed by atoms with E-state index >= 15 is 13.2 Å². The van der Waals surface area contributed by atoms with Gasteiger partial charge in [0.2, 0.25) is 11.8 Å². The van der Waals surface area contributed by atoms with Crippen LogP contribution in [0.1, 0.15) is 186 Å². The van der Waals surface area contributed by atoms with E-state index in [0.717, 1.165) is 41.4 Å². The van der Waals surface area contributed by atoms with Gasteiger partial charge in [0.15, 0.2) is 11.6 Å². The first-order chi connectivity index (χ1) is 49.1. The van der Waals surface area contributed by atoms with Crippen molar-refractivity contribution in [2.75, 3.05) is 70.6 Å². The quantitative estimate of drug-likeness (QED) is 0.0737. The number of halogens is 12. The minimum Gasteiger partial charge on any atom is -0.358 e. The van der Waals surface area contributed by atoms with Crippen molar-refractivity contribution >= 4 is 59.2 Å². The minimum atomic E-state index is -4.98. The second kappa shape index (κ2) is 27.2. The van der Waals surface area contributed by atoms with Crippen LogP contribution in [0.5, 0.6) is 0 Å². The molecule has 560 valence electrons. The number of benzene rings is 2. The van der Waals surface area contributed by atoms with E-state index in [1.807, 2.05) is 20.8 Å². The minimum absolute atomic E-state index is 0.00670. The predicted octanol–water partition coefficient (Wildman–Crippen LogP) is 16.8. The third-order valence-electron chi connectivity index (χ3n) is 19.4. The molecule has 10 heterocycles. The average Bonchev–Trinajstić information content (AvgIpc) is 1.70. The van der Waals surface area contributed by atoms with Crippen LogP contribution in [0, 0.1) is 0 Å². The SMILES string of the molecule is CC(C)(C)c1cc(NC(=O)N2CCCC2c2ccc(C(F)(F)F)c(C(C)(C)c3cc(NC(=O)N4CCCC4c4ccc(C(F)(F)F)c(C(C)(C)c5cc(NC(=O)N6CCCN6c6ccc(C(F)(F)F)c(C(C)(C)c7cc(NC(=O)N8CCCN8c8ccc(C(F)(F)F)cn8)on7)n6)no5)c4)no3)c2)on1. The van der Waals surface area contributed by atoms with Crippen LogP contribution in [-0.2, 0) is 46.4 Å². The van der Waals surface area contributed by atoms with Crippen LogP contribution >= 0.6 is 0 Å². The largest absolute Gasteiger partial charge is 0.418 e. The highest BCUT2D eigenvalue weighted by Gasteiger charge is 2.47. The molecule has 0 spiro atoms. The number of hydrazine groups is 2. The molecule has 4 N–H and O–H groups in total. The number of carbonyl (C=O) groups excluding carboxylic acids is 4. The van der Waals surface area contributed by atoms with Crippen LogP contribution in [0.3, 0.4) is 0 Å². The molecule has 0 radical (unpaired) electrons. The molecule has 4 fully saturated rings. The Balaban J connectivity index is 0.723. The van der Waals surface area contributed by atoms with Crippen molar-refractivity contribution in [3.05, 3.63) is 164 Å². The van der Waals surface area contributed by atoms with E-state index in [9.17, 15) is 58.7 Å². The second-order valence-electron chi connectivity index (χ2n) is 28.6. The first kappa shape index (κ1) is 74.1. The van der Waals surface area contributed by atoms with E-state index in [-0.39, 0.29) is 107 Å². The van der Waals surface area contributed by atoms with Crippen molar-refractivity contribution in [1.82, 2.24) is 50.4 Å². The first-order valence-corrected chi connectivity index (χ1v) is 33.4. The first-order valence-electron chi connectivity index (χ1n) is 33.4. The average molecular weight is 1480 g/mol. The molecule has 4 aliphatic heterocycles. The Morgan fingerprint density at radius 2 is 0.857 bits per heavy atom. The number of nitrogens with one attached hydrogen (secondary N) is 4. The Hall–Kier alpha value is -10.6. The molecule has 8 amide bonds. The van der Waals surface area contributed by atoms with Gasteiger partial charge in [-0.3, -0.25) is 31.3 Å². The van der Waals surface area contributed by atoms with E-state index in [0.29, 0.717) is 62.5 Å². The van der Waals surface area contributed by atoms with Crippen LogP contribution in [-0.4, -0.2) is 114 Å². The fourth-order valence-electron chi connectivity index (χ4n) is 13.6. The van der Waals surface area contributed by atoms with Gasteiger partial charge < -0.3 is 27.9 Å². The smallest absolute Gasteiger partial charge is 0.358 e. The number of amides is 8. The van der Waals surface area contributed by atoms with E-state index in [1.165, 1.54) is 109 Å². The summed E-state index contributed by atoms with van der Waals surface area (Å²) in [5, 5.41) is 31.4. The molecule has 2 unspecified atom stereocenters.